The number of nitrogens with one attached hydrogen (secondary N) is 1. The quantitative estimate of drug-likeness (QED) is 0.288. The predicted molar refractivity (Wildman–Crippen MR) is 90.0 cm³/mol. The molecular formula is C17H11ClN2O5. The van der Waals surface area contributed by atoms with Gasteiger partial charge in [0.05, 0.1) is 16.5 Å². The van der Waals surface area contributed by atoms with Crippen molar-refractivity contribution in [2.24, 2.45) is 0 Å². The summed E-state index contributed by atoms with van der Waals surface area (Å²) in [5, 5.41) is 24.3. The van der Waals surface area contributed by atoms with Crippen LogP contribution >= 0.6 is 11.6 Å². The first kappa shape index (κ1) is 16.7. The number of benzene rings is 2. The van der Waals surface area contributed by atoms with E-state index in [-0.39, 0.29) is 17.0 Å². The number of non-ortho nitro benzene ring substituents is 1. The van der Waals surface area contributed by atoms with Gasteiger partial charge in [0, 0.05) is 22.7 Å². The molecule has 0 aliphatic carbocycles. The predicted octanol–water partition coefficient (Wildman–Crippen LogP) is 2.96. The number of hydrogen-bond acceptors (Lipinski definition) is 5. The molecule has 2 aromatic rings. The molecule has 7 nitrogen and oxygen atoms in total. The Balaban J connectivity index is 2.12. The SMILES string of the molecule is O=C1NC(c2cccc([N+](=O)[O-])c2)C(=C(O)c2ccc(Cl)cc2)C1=O. The molecule has 0 radical (unpaired) electrons. The van der Waals surface area contributed by atoms with Gasteiger partial charge in [0.15, 0.2) is 0 Å². The normalized spacial score (nSPS) is 18.8. The third kappa shape index (κ3) is 3.09. The van der Waals surface area contributed by atoms with E-state index in [2.05, 4.69) is 5.32 Å². The van der Waals surface area contributed by atoms with Gasteiger partial charge in [-0.25, -0.2) is 0 Å². The van der Waals surface area contributed by atoms with Gasteiger partial charge in [0.1, 0.15) is 5.76 Å². The van der Waals surface area contributed by atoms with Crippen molar-refractivity contribution in [1.29, 1.82) is 0 Å². The van der Waals surface area contributed by atoms with Gasteiger partial charge in [-0.3, -0.25) is 19.7 Å². The minimum absolute atomic E-state index is 0.159. The van der Waals surface area contributed by atoms with E-state index in [1.165, 1.54) is 48.5 Å². The molecule has 1 atom stereocenters. The molecule has 0 saturated carbocycles. The highest BCUT2D eigenvalue weighted by Gasteiger charge is 2.39. The zero-order chi connectivity index (χ0) is 18.1. The topological polar surface area (TPSA) is 110 Å². The zero-order valence-electron chi connectivity index (χ0n) is 12.6. The molecule has 0 aromatic heterocycles. The maximum absolute atomic E-state index is 12.2. The number of nitro groups is 1. The minimum atomic E-state index is -0.976. The lowest BCUT2D eigenvalue weighted by Crippen LogP contribution is -2.21. The number of Topliss-reactive ketones (excluding diaryl/α,β-unsaturated/α-hetero) is 1. The Hall–Kier alpha value is -3.19. The summed E-state index contributed by atoms with van der Waals surface area (Å²) in [5.41, 5.74) is 0.285. The maximum atomic E-state index is 12.2. The first-order valence-electron chi connectivity index (χ1n) is 7.17. The van der Waals surface area contributed by atoms with Crippen LogP contribution in [-0.2, 0) is 9.59 Å². The lowest BCUT2D eigenvalue weighted by Gasteiger charge is -2.13. The highest BCUT2D eigenvalue weighted by molar-refractivity contribution is 6.46. The van der Waals surface area contributed by atoms with Crippen molar-refractivity contribution in [2.75, 3.05) is 0 Å². The van der Waals surface area contributed by atoms with Gasteiger partial charge in [-0.05, 0) is 29.8 Å². The lowest BCUT2D eigenvalue weighted by molar-refractivity contribution is -0.384. The van der Waals surface area contributed by atoms with E-state index in [1.807, 2.05) is 0 Å². The summed E-state index contributed by atoms with van der Waals surface area (Å²) in [6.45, 7) is 0. The fourth-order valence-electron chi connectivity index (χ4n) is 2.60. The molecule has 1 fully saturated rings. The molecule has 2 aromatic carbocycles. The van der Waals surface area contributed by atoms with Gasteiger partial charge in [-0.1, -0.05) is 23.7 Å². The second-order valence-corrected chi connectivity index (χ2v) is 5.79. The summed E-state index contributed by atoms with van der Waals surface area (Å²) in [4.78, 5) is 34.4. The van der Waals surface area contributed by atoms with Crippen molar-refractivity contribution >= 4 is 34.7 Å². The van der Waals surface area contributed by atoms with Crippen LogP contribution in [0.15, 0.2) is 54.1 Å². The lowest BCUT2D eigenvalue weighted by atomic mass is 9.95. The first-order chi connectivity index (χ1) is 11.9. The van der Waals surface area contributed by atoms with Crippen molar-refractivity contribution in [2.45, 2.75) is 6.04 Å². The van der Waals surface area contributed by atoms with Crippen LogP contribution in [-0.4, -0.2) is 21.7 Å². The summed E-state index contributed by atoms with van der Waals surface area (Å²) >= 11 is 5.80. The van der Waals surface area contributed by atoms with Crippen LogP contribution in [0.25, 0.3) is 5.76 Å². The molecule has 3 rings (SSSR count). The Morgan fingerprint density at radius 1 is 1.16 bits per heavy atom. The number of rotatable bonds is 3. The van der Waals surface area contributed by atoms with E-state index >= 15 is 0 Å². The van der Waals surface area contributed by atoms with Crippen LogP contribution in [0.3, 0.4) is 0 Å². The van der Waals surface area contributed by atoms with Gasteiger partial charge in [0.2, 0.25) is 0 Å². The number of amides is 1. The van der Waals surface area contributed by atoms with E-state index in [0.29, 0.717) is 16.1 Å². The van der Waals surface area contributed by atoms with Crippen LogP contribution in [0, 0.1) is 10.1 Å². The van der Waals surface area contributed by atoms with Crippen LogP contribution < -0.4 is 5.32 Å². The van der Waals surface area contributed by atoms with Gasteiger partial charge in [-0.2, -0.15) is 0 Å². The highest BCUT2D eigenvalue weighted by atomic mass is 35.5. The van der Waals surface area contributed by atoms with Crippen molar-refractivity contribution in [3.05, 3.63) is 80.4 Å². The molecule has 1 unspecified atom stereocenters. The summed E-state index contributed by atoms with van der Waals surface area (Å²) < 4.78 is 0. The number of carbonyl (C=O) groups excluding carboxylic acids is 2. The van der Waals surface area contributed by atoms with Crippen molar-refractivity contribution in [1.82, 2.24) is 5.32 Å². The van der Waals surface area contributed by atoms with Crippen LogP contribution in [0.2, 0.25) is 5.02 Å². The third-order valence-electron chi connectivity index (χ3n) is 3.80. The highest BCUT2D eigenvalue weighted by Crippen LogP contribution is 2.34. The number of halogens is 1. The number of ketones is 1. The molecular weight excluding hydrogens is 348 g/mol. The van der Waals surface area contributed by atoms with Gasteiger partial charge >= 0.3 is 0 Å². The van der Waals surface area contributed by atoms with E-state index < -0.39 is 22.7 Å². The van der Waals surface area contributed by atoms with Crippen molar-refractivity contribution in [3.8, 4) is 0 Å². The number of aliphatic hydroxyl groups excluding tert-OH is 1. The summed E-state index contributed by atoms with van der Waals surface area (Å²) in [6, 6.07) is 10.6. The molecule has 1 heterocycles. The fourth-order valence-corrected chi connectivity index (χ4v) is 2.72. The zero-order valence-corrected chi connectivity index (χ0v) is 13.4. The van der Waals surface area contributed by atoms with Crippen LogP contribution in [0.1, 0.15) is 17.2 Å². The Morgan fingerprint density at radius 3 is 2.48 bits per heavy atom. The van der Waals surface area contributed by atoms with E-state index in [9.17, 15) is 24.8 Å². The number of aliphatic hydroxyl groups is 1. The molecule has 1 amide bonds. The minimum Gasteiger partial charge on any atom is -0.507 e. The molecule has 1 aliphatic rings. The Bertz CT molecular complexity index is 921. The number of nitro benzene ring substituents is 1. The molecule has 1 aliphatic heterocycles. The second-order valence-electron chi connectivity index (χ2n) is 5.36. The smallest absolute Gasteiger partial charge is 0.293 e. The van der Waals surface area contributed by atoms with Gasteiger partial charge < -0.3 is 10.4 Å². The van der Waals surface area contributed by atoms with Crippen molar-refractivity contribution in [3.63, 3.8) is 0 Å². The van der Waals surface area contributed by atoms with Crippen LogP contribution in [0.4, 0.5) is 5.69 Å². The first-order valence-corrected chi connectivity index (χ1v) is 7.55. The molecule has 0 spiro atoms. The maximum Gasteiger partial charge on any atom is 0.293 e. The van der Waals surface area contributed by atoms with E-state index in [4.69, 9.17) is 11.6 Å². The van der Waals surface area contributed by atoms with E-state index in [0.717, 1.165) is 0 Å². The number of nitrogens with zero attached hydrogens (tertiary/aromatic N) is 1. The Kier molecular flexibility index (Phi) is 4.24. The van der Waals surface area contributed by atoms with Crippen LogP contribution in [0.5, 0.6) is 0 Å². The molecule has 2 N–H and O–H groups in total. The monoisotopic (exact) mass is 358 g/mol. The number of carbonyl (C=O) groups is 2. The average Bonchev–Trinajstić information content (AvgIpc) is 2.90. The molecule has 0 bridgehead atoms. The summed E-state index contributed by atoms with van der Waals surface area (Å²) in [5.74, 6) is -2.15. The molecule has 126 valence electrons. The third-order valence-corrected chi connectivity index (χ3v) is 4.05. The largest absolute Gasteiger partial charge is 0.507 e. The van der Waals surface area contributed by atoms with Gasteiger partial charge in [-0.15, -0.1) is 0 Å². The van der Waals surface area contributed by atoms with Crippen molar-refractivity contribution < 1.29 is 19.6 Å². The average molecular weight is 359 g/mol. The molecule has 1 saturated heterocycles. The standard InChI is InChI=1S/C17H11ClN2O5/c18-11-6-4-9(5-7-11)15(21)13-14(19-17(23)16(13)22)10-2-1-3-12(8-10)20(24)25/h1-8,14,21H,(H,19,23). The number of hydrogen-bond donors (Lipinski definition) is 2. The van der Waals surface area contributed by atoms with E-state index in [1.54, 1.807) is 0 Å². The Morgan fingerprint density at radius 2 is 1.84 bits per heavy atom. The molecule has 25 heavy (non-hydrogen) atoms. The molecule has 8 heteroatoms. The summed E-state index contributed by atoms with van der Waals surface area (Å²) in [7, 11) is 0. The Labute approximate surface area is 146 Å². The second kappa shape index (κ2) is 6.37. The van der Waals surface area contributed by atoms with Gasteiger partial charge in [0.25, 0.3) is 17.4 Å². The fraction of sp³-hybridized carbons (Fsp3) is 0.0588. The summed E-state index contributed by atoms with van der Waals surface area (Å²) in [6.07, 6.45) is 0.